The molecule has 1 unspecified atom stereocenters. The van der Waals surface area contributed by atoms with Crippen molar-refractivity contribution in [1.29, 1.82) is 0 Å². The molecule has 18 heavy (non-hydrogen) atoms. The van der Waals surface area contributed by atoms with Gasteiger partial charge in [-0.2, -0.15) is 5.10 Å². The fourth-order valence-electron chi connectivity index (χ4n) is 2.48. The van der Waals surface area contributed by atoms with E-state index in [-0.39, 0.29) is 0 Å². The summed E-state index contributed by atoms with van der Waals surface area (Å²) in [6.07, 6.45) is 2.63. The van der Waals surface area contributed by atoms with Gasteiger partial charge in [-0.05, 0) is 24.8 Å². The first-order chi connectivity index (χ1) is 8.68. The average molecular weight is 306 g/mol. The number of nitrogens with zero attached hydrogens (tertiary/aromatic N) is 1. The number of nitrogen functional groups attached to an aromatic ring is 1. The van der Waals surface area contributed by atoms with E-state index in [2.05, 4.69) is 39.1 Å². The van der Waals surface area contributed by atoms with Gasteiger partial charge in [0, 0.05) is 27.2 Å². The number of rotatable bonds is 3. The van der Waals surface area contributed by atoms with Gasteiger partial charge in [-0.3, -0.25) is 5.10 Å². The van der Waals surface area contributed by atoms with Gasteiger partial charge in [0.25, 0.3) is 0 Å². The molecular formula is C14H16BrN3. The SMILES string of the molecule is CC(c1[nH]nc(N)c1-c1ccccc1Br)C1CC1. The Morgan fingerprint density at radius 1 is 1.39 bits per heavy atom. The lowest BCUT2D eigenvalue weighted by molar-refractivity contribution is 0.642. The molecule has 1 aromatic heterocycles. The molecule has 0 saturated heterocycles. The van der Waals surface area contributed by atoms with Crippen LogP contribution in [0.2, 0.25) is 0 Å². The molecule has 1 saturated carbocycles. The maximum atomic E-state index is 6.04. The number of hydrogen-bond acceptors (Lipinski definition) is 2. The van der Waals surface area contributed by atoms with E-state index >= 15 is 0 Å². The standard InChI is InChI=1S/C14H16BrN3/c1-8(9-6-7-9)13-12(14(16)18-17-13)10-4-2-3-5-11(10)15/h2-5,8-9H,6-7H2,1H3,(H3,16,17,18). The number of nitrogens with one attached hydrogen (secondary N) is 1. The van der Waals surface area contributed by atoms with Crippen molar-refractivity contribution in [2.45, 2.75) is 25.7 Å². The first kappa shape index (κ1) is 11.8. The summed E-state index contributed by atoms with van der Waals surface area (Å²) in [6.45, 7) is 2.25. The van der Waals surface area contributed by atoms with Crippen LogP contribution in [-0.2, 0) is 0 Å². The van der Waals surface area contributed by atoms with E-state index in [4.69, 9.17) is 5.73 Å². The van der Waals surface area contributed by atoms with Crippen LogP contribution in [-0.4, -0.2) is 10.2 Å². The summed E-state index contributed by atoms with van der Waals surface area (Å²) in [7, 11) is 0. The van der Waals surface area contributed by atoms with Gasteiger partial charge in [-0.25, -0.2) is 0 Å². The lowest BCUT2D eigenvalue weighted by Crippen LogP contribution is -1.99. The van der Waals surface area contributed by atoms with Gasteiger partial charge in [-0.15, -0.1) is 0 Å². The van der Waals surface area contributed by atoms with Gasteiger partial charge in [0.1, 0.15) is 0 Å². The van der Waals surface area contributed by atoms with E-state index in [1.54, 1.807) is 0 Å². The summed E-state index contributed by atoms with van der Waals surface area (Å²) in [4.78, 5) is 0. The Morgan fingerprint density at radius 3 is 2.78 bits per heavy atom. The molecule has 0 aliphatic heterocycles. The second kappa shape index (κ2) is 4.43. The van der Waals surface area contributed by atoms with Gasteiger partial charge < -0.3 is 5.73 Å². The zero-order valence-electron chi connectivity index (χ0n) is 10.3. The van der Waals surface area contributed by atoms with Crippen LogP contribution in [0.5, 0.6) is 0 Å². The predicted octanol–water partition coefficient (Wildman–Crippen LogP) is 3.93. The summed E-state index contributed by atoms with van der Waals surface area (Å²) < 4.78 is 1.06. The molecule has 1 heterocycles. The number of benzene rings is 1. The molecule has 0 radical (unpaired) electrons. The highest BCUT2D eigenvalue weighted by Gasteiger charge is 2.32. The number of halogens is 1. The predicted molar refractivity (Wildman–Crippen MR) is 77.3 cm³/mol. The van der Waals surface area contributed by atoms with E-state index < -0.39 is 0 Å². The van der Waals surface area contributed by atoms with Crippen LogP contribution in [0, 0.1) is 5.92 Å². The van der Waals surface area contributed by atoms with Crippen LogP contribution < -0.4 is 5.73 Å². The molecule has 2 aromatic rings. The molecular weight excluding hydrogens is 290 g/mol. The summed E-state index contributed by atoms with van der Waals surface area (Å²) in [5.41, 5.74) is 9.38. The Balaban J connectivity index is 2.11. The van der Waals surface area contributed by atoms with Gasteiger partial charge in [0.05, 0.1) is 0 Å². The van der Waals surface area contributed by atoms with Gasteiger partial charge in [0.15, 0.2) is 5.82 Å². The summed E-state index contributed by atoms with van der Waals surface area (Å²) in [5.74, 6) is 1.87. The maximum absolute atomic E-state index is 6.04. The van der Waals surface area contributed by atoms with Crippen LogP contribution in [0.4, 0.5) is 5.82 Å². The third-order valence-corrected chi connectivity index (χ3v) is 4.44. The quantitative estimate of drug-likeness (QED) is 0.902. The molecule has 3 N–H and O–H groups in total. The van der Waals surface area contributed by atoms with E-state index in [9.17, 15) is 0 Å². The highest BCUT2D eigenvalue weighted by atomic mass is 79.9. The van der Waals surface area contributed by atoms with Gasteiger partial charge in [-0.1, -0.05) is 41.1 Å². The third-order valence-electron chi connectivity index (χ3n) is 3.75. The molecule has 0 bridgehead atoms. The van der Waals surface area contributed by atoms with E-state index in [1.807, 2.05) is 18.2 Å². The normalized spacial score (nSPS) is 16.8. The third kappa shape index (κ3) is 1.94. The van der Waals surface area contributed by atoms with Crippen molar-refractivity contribution < 1.29 is 0 Å². The molecule has 1 aliphatic rings. The fraction of sp³-hybridized carbons (Fsp3) is 0.357. The number of aromatic amines is 1. The number of aromatic nitrogens is 2. The lowest BCUT2D eigenvalue weighted by atomic mass is 9.95. The van der Waals surface area contributed by atoms with Crippen molar-refractivity contribution in [1.82, 2.24) is 10.2 Å². The molecule has 1 aromatic carbocycles. The van der Waals surface area contributed by atoms with Crippen LogP contribution >= 0.6 is 15.9 Å². The number of H-pyrrole nitrogens is 1. The average Bonchev–Trinajstić information content (AvgIpc) is 3.14. The zero-order chi connectivity index (χ0) is 12.7. The van der Waals surface area contributed by atoms with Crippen LogP contribution in [0.25, 0.3) is 11.1 Å². The van der Waals surface area contributed by atoms with Crippen molar-refractivity contribution in [3.63, 3.8) is 0 Å². The largest absolute Gasteiger partial charge is 0.382 e. The number of nitrogens with two attached hydrogens (primary N) is 1. The minimum Gasteiger partial charge on any atom is -0.382 e. The molecule has 94 valence electrons. The topological polar surface area (TPSA) is 54.7 Å². The Hall–Kier alpha value is -1.29. The number of anilines is 1. The van der Waals surface area contributed by atoms with Crippen LogP contribution in [0.3, 0.4) is 0 Å². The Morgan fingerprint density at radius 2 is 2.11 bits per heavy atom. The van der Waals surface area contributed by atoms with Crippen LogP contribution in [0.15, 0.2) is 28.7 Å². The molecule has 3 nitrogen and oxygen atoms in total. The minimum absolute atomic E-state index is 0.497. The fourth-order valence-corrected chi connectivity index (χ4v) is 2.96. The van der Waals surface area contributed by atoms with Crippen molar-refractivity contribution in [3.8, 4) is 11.1 Å². The van der Waals surface area contributed by atoms with Crippen molar-refractivity contribution in [3.05, 3.63) is 34.4 Å². The molecule has 3 rings (SSSR count). The summed E-state index contributed by atoms with van der Waals surface area (Å²) >= 11 is 3.59. The van der Waals surface area contributed by atoms with Crippen LogP contribution in [0.1, 0.15) is 31.4 Å². The monoisotopic (exact) mass is 305 g/mol. The highest BCUT2D eigenvalue weighted by molar-refractivity contribution is 9.10. The first-order valence-electron chi connectivity index (χ1n) is 6.27. The zero-order valence-corrected chi connectivity index (χ0v) is 11.9. The van der Waals surface area contributed by atoms with E-state index in [0.717, 1.165) is 21.5 Å². The van der Waals surface area contributed by atoms with Crippen molar-refractivity contribution in [2.75, 3.05) is 5.73 Å². The van der Waals surface area contributed by atoms with Crippen molar-refractivity contribution >= 4 is 21.7 Å². The van der Waals surface area contributed by atoms with Gasteiger partial charge in [0.2, 0.25) is 0 Å². The van der Waals surface area contributed by atoms with Crippen molar-refractivity contribution in [2.24, 2.45) is 5.92 Å². The van der Waals surface area contributed by atoms with E-state index in [1.165, 1.54) is 18.5 Å². The minimum atomic E-state index is 0.497. The van der Waals surface area contributed by atoms with E-state index in [0.29, 0.717) is 11.7 Å². The Kier molecular flexibility index (Phi) is 2.90. The maximum Gasteiger partial charge on any atom is 0.153 e. The first-order valence-corrected chi connectivity index (χ1v) is 7.06. The lowest BCUT2D eigenvalue weighted by Gasteiger charge is -2.12. The second-order valence-corrected chi connectivity index (χ2v) is 5.86. The molecule has 1 aliphatic carbocycles. The summed E-state index contributed by atoms with van der Waals surface area (Å²) in [5, 5.41) is 7.32. The summed E-state index contributed by atoms with van der Waals surface area (Å²) in [6, 6.07) is 8.15. The molecule has 1 atom stereocenters. The molecule has 0 amide bonds. The number of hydrogen-bond donors (Lipinski definition) is 2. The Bertz CT molecular complexity index is 572. The molecule has 1 fully saturated rings. The highest BCUT2D eigenvalue weighted by Crippen LogP contribution is 2.46. The smallest absolute Gasteiger partial charge is 0.153 e. The molecule has 0 spiro atoms. The molecule has 4 heteroatoms. The second-order valence-electron chi connectivity index (χ2n) is 5.00. The van der Waals surface area contributed by atoms with Gasteiger partial charge >= 0.3 is 0 Å². The Labute approximate surface area is 115 Å².